The predicted octanol–water partition coefficient (Wildman–Crippen LogP) is 2.29. The molecular weight excluding hydrogens is 232 g/mol. The Bertz CT molecular complexity index is 480. The Morgan fingerprint density at radius 3 is 2.47 bits per heavy atom. The molecule has 0 bridgehead atoms. The third kappa shape index (κ3) is 2.33. The molecule has 0 aliphatic rings. The van der Waals surface area contributed by atoms with E-state index >= 15 is 0 Å². The van der Waals surface area contributed by atoms with Gasteiger partial charge in [-0.25, -0.2) is 13.6 Å². The van der Waals surface area contributed by atoms with Crippen molar-refractivity contribution in [2.24, 2.45) is 0 Å². The molecule has 0 atom stereocenters. The van der Waals surface area contributed by atoms with E-state index in [1.165, 1.54) is 6.07 Å². The SMILES string of the molecule is COC(=O)c1ccc(C#N)c(C(F)F)c1OC. The number of methoxy groups -OCH3 is 2. The van der Waals surface area contributed by atoms with Crippen LogP contribution in [0.4, 0.5) is 8.78 Å². The van der Waals surface area contributed by atoms with Gasteiger partial charge in [0.2, 0.25) is 0 Å². The van der Waals surface area contributed by atoms with Gasteiger partial charge in [-0.2, -0.15) is 5.26 Å². The Balaban J connectivity index is 3.53. The normalized spacial score (nSPS) is 9.88. The van der Waals surface area contributed by atoms with Gasteiger partial charge < -0.3 is 9.47 Å². The fourth-order valence-electron chi connectivity index (χ4n) is 1.40. The molecule has 0 saturated carbocycles. The number of halogens is 2. The summed E-state index contributed by atoms with van der Waals surface area (Å²) < 4.78 is 34.9. The summed E-state index contributed by atoms with van der Waals surface area (Å²) in [5.41, 5.74) is -0.966. The van der Waals surface area contributed by atoms with Gasteiger partial charge in [-0.3, -0.25) is 0 Å². The number of hydrogen-bond acceptors (Lipinski definition) is 4. The highest BCUT2D eigenvalue weighted by Gasteiger charge is 2.25. The molecule has 0 fully saturated rings. The molecule has 0 aromatic heterocycles. The Morgan fingerprint density at radius 2 is 2.06 bits per heavy atom. The zero-order chi connectivity index (χ0) is 13.0. The Kier molecular flexibility index (Phi) is 3.99. The molecule has 0 heterocycles. The molecule has 1 aromatic carbocycles. The van der Waals surface area contributed by atoms with E-state index in [0.29, 0.717) is 0 Å². The van der Waals surface area contributed by atoms with E-state index in [9.17, 15) is 13.6 Å². The minimum atomic E-state index is -2.91. The van der Waals surface area contributed by atoms with Crippen LogP contribution < -0.4 is 4.74 Å². The van der Waals surface area contributed by atoms with Crippen molar-refractivity contribution in [3.05, 3.63) is 28.8 Å². The van der Waals surface area contributed by atoms with Gasteiger partial charge in [-0.15, -0.1) is 0 Å². The summed E-state index contributed by atoms with van der Waals surface area (Å²) in [6.45, 7) is 0. The summed E-state index contributed by atoms with van der Waals surface area (Å²) in [4.78, 5) is 11.3. The molecule has 1 rings (SSSR count). The first-order chi connectivity index (χ1) is 8.06. The molecule has 0 amide bonds. The van der Waals surface area contributed by atoms with Gasteiger partial charge in [-0.1, -0.05) is 0 Å². The van der Waals surface area contributed by atoms with Crippen molar-refractivity contribution in [1.82, 2.24) is 0 Å². The summed E-state index contributed by atoms with van der Waals surface area (Å²) in [5, 5.41) is 8.72. The number of ether oxygens (including phenoxy) is 2. The molecule has 0 N–H and O–H groups in total. The van der Waals surface area contributed by atoms with E-state index in [1.807, 2.05) is 0 Å². The van der Waals surface area contributed by atoms with Crippen molar-refractivity contribution in [3.63, 3.8) is 0 Å². The molecule has 4 nitrogen and oxygen atoms in total. The van der Waals surface area contributed by atoms with E-state index in [-0.39, 0.29) is 16.9 Å². The quantitative estimate of drug-likeness (QED) is 0.762. The van der Waals surface area contributed by atoms with Crippen molar-refractivity contribution in [2.45, 2.75) is 6.43 Å². The van der Waals surface area contributed by atoms with Crippen LogP contribution >= 0.6 is 0 Å². The van der Waals surface area contributed by atoms with Crippen molar-refractivity contribution in [2.75, 3.05) is 14.2 Å². The molecule has 0 unspecified atom stereocenters. The minimum Gasteiger partial charge on any atom is -0.495 e. The van der Waals surface area contributed by atoms with Crippen molar-refractivity contribution in [1.29, 1.82) is 5.26 Å². The van der Waals surface area contributed by atoms with Gasteiger partial charge in [0.15, 0.2) is 0 Å². The maximum absolute atomic E-state index is 12.8. The van der Waals surface area contributed by atoms with Gasteiger partial charge in [-0.05, 0) is 12.1 Å². The minimum absolute atomic E-state index is 0.135. The molecule has 1 aromatic rings. The Hall–Kier alpha value is -2.16. The number of esters is 1. The second-order valence-corrected chi connectivity index (χ2v) is 3.01. The van der Waals surface area contributed by atoms with Crippen molar-refractivity contribution < 1.29 is 23.0 Å². The Morgan fingerprint density at radius 1 is 1.41 bits per heavy atom. The summed E-state index contributed by atoms with van der Waals surface area (Å²) in [6.07, 6.45) is -2.91. The lowest BCUT2D eigenvalue weighted by Crippen LogP contribution is -2.07. The molecule has 6 heteroatoms. The largest absolute Gasteiger partial charge is 0.495 e. The number of nitriles is 1. The molecule has 17 heavy (non-hydrogen) atoms. The number of nitrogens with zero attached hydrogens (tertiary/aromatic N) is 1. The van der Waals surface area contributed by atoms with Crippen LogP contribution in [0.3, 0.4) is 0 Å². The second kappa shape index (κ2) is 5.25. The van der Waals surface area contributed by atoms with E-state index in [0.717, 1.165) is 20.3 Å². The monoisotopic (exact) mass is 241 g/mol. The van der Waals surface area contributed by atoms with Gasteiger partial charge in [0.25, 0.3) is 6.43 Å². The zero-order valence-electron chi connectivity index (χ0n) is 9.16. The molecule has 0 aliphatic carbocycles. The summed E-state index contributed by atoms with van der Waals surface area (Å²) in [7, 11) is 2.27. The van der Waals surface area contributed by atoms with E-state index in [1.54, 1.807) is 6.07 Å². The highest BCUT2D eigenvalue weighted by molar-refractivity contribution is 5.93. The zero-order valence-corrected chi connectivity index (χ0v) is 9.16. The molecular formula is C11H9F2NO3. The topological polar surface area (TPSA) is 59.3 Å². The lowest BCUT2D eigenvalue weighted by atomic mass is 10.0. The number of carbonyl (C=O) groups is 1. The first kappa shape index (κ1) is 12.9. The molecule has 0 spiro atoms. The van der Waals surface area contributed by atoms with Crippen LogP contribution in [0.5, 0.6) is 5.75 Å². The first-order valence-corrected chi connectivity index (χ1v) is 4.54. The fourth-order valence-corrected chi connectivity index (χ4v) is 1.40. The van der Waals surface area contributed by atoms with Crippen LogP contribution in [0.2, 0.25) is 0 Å². The van der Waals surface area contributed by atoms with Crippen molar-refractivity contribution >= 4 is 5.97 Å². The average Bonchev–Trinajstić information content (AvgIpc) is 2.35. The standard InChI is InChI=1S/C11H9F2NO3/c1-16-9-7(11(15)17-2)4-3-6(5-14)8(9)10(12)13/h3-4,10H,1-2H3. The average molecular weight is 241 g/mol. The number of hydrogen-bond donors (Lipinski definition) is 0. The summed E-state index contributed by atoms with van der Waals surface area (Å²) in [5.74, 6) is -1.13. The van der Waals surface area contributed by atoms with Gasteiger partial charge in [0, 0.05) is 0 Å². The van der Waals surface area contributed by atoms with Gasteiger partial charge in [0.05, 0.1) is 31.4 Å². The third-order valence-corrected chi connectivity index (χ3v) is 2.14. The van der Waals surface area contributed by atoms with Crippen LogP contribution in [0.25, 0.3) is 0 Å². The van der Waals surface area contributed by atoms with Gasteiger partial charge >= 0.3 is 5.97 Å². The number of rotatable bonds is 3. The smallest absolute Gasteiger partial charge is 0.341 e. The Labute approximate surface area is 96.4 Å². The van der Waals surface area contributed by atoms with E-state index < -0.39 is 18.0 Å². The van der Waals surface area contributed by atoms with Crippen LogP contribution in [-0.4, -0.2) is 20.2 Å². The van der Waals surface area contributed by atoms with E-state index in [4.69, 9.17) is 10.00 Å². The van der Waals surface area contributed by atoms with E-state index in [2.05, 4.69) is 4.74 Å². The molecule has 0 radical (unpaired) electrons. The van der Waals surface area contributed by atoms with Crippen LogP contribution in [0.15, 0.2) is 12.1 Å². The number of benzene rings is 1. The molecule has 0 saturated heterocycles. The summed E-state index contributed by atoms with van der Waals surface area (Å²) >= 11 is 0. The first-order valence-electron chi connectivity index (χ1n) is 4.54. The van der Waals surface area contributed by atoms with Gasteiger partial charge in [0.1, 0.15) is 11.3 Å². The molecule has 90 valence electrons. The second-order valence-electron chi connectivity index (χ2n) is 3.01. The maximum atomic E-state index is 12.8. The van der Waals surface area contributed by atoms with Crippen LogP contribution in [-0.2, 0) is 4.74 Å². The number of carbonyl (C=O) groups excluding carboxylic acids is 1. The lowest BCUT2D eigenvalue weighted by molar-refractivity contribution is 0.0596. The van der Waals surface area contributed by atoms with Crippen LogP contribution in [0, 0.1) is 11.3 Å². The number of alkyl halides is 2. The maximum Gasteiger partial charge on any atom is 0.341 e. The van der Waals surface area contributed by atoms with Crippen LogP contribution in [0.1, 0.15) is 27.9 Å². The predicted molar refractivity (Wildman–Crippen MR) is 54.0 cm³/mol. The third-order valence-electron chi connectivity index (χ3n) is 2.14. The summed E-state index contributed by atoms with van der Waals surface area (Å²) in [6, 6.07) is 3.98. The fraction of sp³-hybridized carbons (Fsp3) is 0.273. The highest BCUT2D eigenvalue weighted by atomic mass is 19.3. The molecule has 0 aliphatic heterocycles. The van der Waals surface area contributed by atoms with Crippen molar-refractivity contribution in [3.8, 4) is 11.8 Å². The lowest BCUT2D eigenvalue weighted by Gasteiger charge is -2.12. The highest BCUT2D eigenvalue weighted by Crippen LogP contribution is 2.35.